The van der Waals surface area contributed by atoms with Crippen LogP contribution in [0.3, 0.4) is 0 Å². The van der Waals surface area contributed by atoms with Gasteiger partial charge in [0.25, 0.3) is 5.91 Å². The number of benzene rings is 1. The second kappa shape index (κ2) is 6.44. The smallest absolute Gasteiger partial charge is 0.250 e. The Balaban J connectivity index is 2.69. The Bertz CT molecular complexity index is 734. The number of methoxy groups -OCH3 is 1. The summed E-state index contributed by atoms with van der Waals surface area (Å²) in [7, 11) is 1.53. The van der Waals surface area contributed by atoms with Gasteiger partial charge in [0.15, 0.2) is 10.6 Å². The molecule has 7 heteroatoms. The Kier molecular flexibility index (Phi) is 4.84. The lowest BCUT2D eigenvalue weighted by Crippen LogP contribution is -2.21. The standard InChI is InChI=1S/C14H16F2N2O2S/c1-8(2)13(19)17-14-18(4-5-20-3)12-10(16)6-9(15)7-11(12)21-14/h6-8H,4-5H2,1-3H3. The molecular weight excluding hydrogens is 298 g/mol. The molecule has 0 atom stereocenters. The third kappa shape index (κ3) is 3.36. The van der Waals surface area contributed by atoms with E-state index in [1.165, 1.54) is 13.2 Å². The number of carbonyl (C=O) groups excluding carboxylic acids is 1. The van der Waals surface area contributed by atoms with Gasteiger partial charge < -0.3 is 9.30 Å². The number of rotatable bonds is 4. The highest BCUT2D eigenvalue weighted by Gasteiger charge is 2.14. The second-order valence-corrected chi connectivity index (χ2v) is 5.88. The van der Waals surface area contributed by atoms with Crippen LogP contribution < -0.4 is 4.80 Å². The molecule has 1 aromatic carbocycles. The average molecular weight is 314 g/mol. The van der Waals surface area contributed by atoms with Gasteiger partial charge in [-0.3, -0.25) is 4.79 Å². The maximum atomic E-state index is 14.0. The minimum absolute atomic E-state index is 0.244. The molecule has 1 amide bonds. The number of carbonyl (C=O) groups is 1. The van der Waals surface area contributed by atoms with E-state index in [4.69, 9.17) is 4.74 Å². The molecule has 0 saturated carbocycles. The van der Waals surface area contributed by atoms with Crippen molar-refractivity contribution in [3.63, 3.8) is 0 Å². The first kappa shape index (κ1) is 15.8. The van der Waals surface area contributed by atoms with E-state index in [9.17, 15) is 13.6 Å². The normalized spacial score (nSPS) is 12.6. The second-order valence-electron chi connectivity index (χ2n) is 4.87. The van der Waals surface area contributed by atoms with Crippen molar-refractivity contribution < 1.29 is 18.3 Å². The van der Waals surface area contributed by atoms with E-state index < -0.39 is 11.6 Å². The molecule has 0 aliphatic carbocycles. The number of hydrogen-bond acceptors (Lipinski definition) is 3. The van der Waals surface area contributed by atoms with E-state index in [1.807, 2.05) is 0 Å². The summed E-state index contributed by atoms with van der Waals surface area (Å²) in [4.78, 5) is 16.2. The van der Waals surface area contributed by atoms with Crippen LogP contribution in [0.1, 0.15) is 13.8 Å². The monoisotopic (exact) mass is 314 g/mol. The minimum atomic E-state index is -0.671. The first-order valence-electron chi connectivity index (χ1n) is 6.50. The summed E-state index contributed by atoms with van der Waals surface area (Å²) in [6.07, 6.45) is 0. The lowest BCUT2D eigenvalue weighted by atomic mass is 10.2. The summed E-state index contributed by atoms with van der Waals surface area (Å²) in [6.45, 7) is 4.15. The maximum absolute atomic E-state index is 14.0. The molecule has 1 aromatic heterocycles. The molecule has 4 nitrogen and oxygen atoms in total. The quantitative estimate of drug-likeness (QED) is 0.871. The SMILES string of the molecule is COCCn1c(=NC(=O)C(C)C)sc2cc(F)cc(F)c21. The first-order chi connectivity index (χ1) is 9.93. The fourth-order valence-corrected chi connectivity index (χ4v) is 2.93. The Morgan fingerprint density at radius 3 is 2.76 bits per heavy atom. The predicted molar refractivity (Wildman–Crippen MR) is 77.0 cm³/mol. The number of amides is 1. The molecule has 0 N–H and O–H groups in total. The topological polar surface area (TPSA) is 43.6 Å². The van der Waals surface area contributed by atoms with Crippen molar-refractivity contribution in [2.45, 2.75) is 20.4 Å². The Morgan fingerprint density at radius 2 is 2.14 bits per heavy atom. The lowest BCUT2D eigenvalue weighted by Gasteiger charge is -2.05. The van der Waals surface area contributed by atoms with Gasteiger partial charge in [-0.1, -0.05) is 25.2 Å². The van der Waals surface area contributed by atoms with Crippen LogP contribution in [0.5, 0.6) is 0 Å². The van der Waals surface area contributed by atoms with Gasteiger partial charge in [-0.05, 0) is 6.07 Å². The molecule has 2 rings (SSSR count). The molecule has 21 heavy (non-hydrogen) atoms. The first-order valence-corrected chi connectivity index (χ1v) is 7.31. The van der Waals surface area contributed by atoms with Gasteiger partial charge >= 0.3 is 0 Å². The fraction of sp³-hybridized carbons (Fsp3) is 0.429. The number of hydrogen-bond donors (Lipinski definition) is 0. The number of ether oxygens (including phenoxy) is 1. The summed E-state index contributed by atoms with van der Waals surface area (Å²) in [5, 5.41) is 0. The number of thiazole rings is 1. The van der Waals surface area contributed by atoms with E-state index in [-0.39, 0.29) is 17.3 Å². The van der Waals surface area contributed by atoms with Crippen molar-refractivity contribution in [1.29, 1.82) is 0 Å². The van der Waals surface area contributed by atoms with Gasteiger partial charge in [0.1, 0.15) is 5.82 Å². The van der Waals surface area contributed by atoms with Crippen molar-refractivity contribution in [1.82, 2.24) is 4.57 Å². The minimum Gasteiger partial charge on any atom is -0.383 e. The van der Waals surface area contributed by atoms with Crippen LogP contribution in [-0.2, 0) is 16.1 Å². The molecular formula is C14H16F2N2O2S. The molecule has 0 unspecified atom stereocenters. The van der Waals surface area contributed by atoms with Crippen molar-refractivity contribution >= 4 is 27.5 Å². The van der Waals surface area contributed by atoms with Gasteiger partial charge in [-0.2, -0.15) is 4.99 Å². The van der Waals surface area contributed by atoms with Gasteiger partial charge in [0, 0.05) is 25.6 Å². The van der Waals surface area contributed by atoms with Crippen molar-refractivity contribution in [2.24, 2.45) is 10.9 Å². The summed E-state index contributed by atoms with van der Waals surface area (Å²) in [5.74, 6) is -1.88. The summed E-state index contributed by atoms with van der Waals surface area (Å²) in [5.41, 5.74) is 0.244. The molecule has 0 spiro atoms. The van der Waals surface area contributed by atoms with Crippen LogP contribution in [0.15, 0.2) is 17.1 Å². The van der Waals surface area contributed by atoms with Crippen LogP contribution in [0, 0.1) is 17.6 Å². The summed E-state index contributed by atoms with van der Waals surface area (Å²) < 4.78 is 34.3. The van der Waals surface area contributed by atoms with Gasteiger partial charge in [-0.15, -0.1) is 0 Å². The largest absolute Gasteiger partial charge is 0.383 e. The van der Waals surface area contributed by atoms with Crippen LogP contribution in [-0.4, -0.2) is 24.2 Å². The lowest BCUT2D eigenvalue weighted by molar-refractivity contribution is -0.120. The Morgan fingerprint density at radius 1 is 1.43 bits per heavy atom. The van der Waals surface area contributed by atoms with E-state index >= 15 is 0 Å². The number of halogens is 2. The third-order valence-electron chi connectivity index (χ3n) is 2.91. The Labute approximate surface area is 124 Å². The van der Waals surface area contributed by atoms with Crippen LogP contribution in [0.2, 0.25) is 0 Å². The van der Waals surface area contributed by atoms with Gasteiger partial charge in [0.05, 0.1) is 16.8 Å². The molecule has 1 heterocycles. The van der Waals surface area contributed by atoms with Crippen molar-refractivity contribution in [3.05, 3.63) is 28.6 Å². The molecule has 2 aromatic rings. The fourth-order valence-electron chi connectivity index (χ4n) is 1.83. The zero-order chi connectivity index (χ0) is 15.6. The third-order valence-corrected chi connectivity index (χ3v) is 3.94. The van der Waals surface area contributed by atoms with Gasteiger partial charge in [-0.25, -0.2) is 8.78 Å². The Hall–Kier alpha value is -1.60. The molecule has 0 fully saturated rings. The molecule has 114 valence electrons. The summed E-state index contributed by atoms with van der Waals surface area (Å²) in [6, 6.07) is 2.07. The summed E-state index contributed by atoms with van der Waals surface area (Å²) >= 11 is 1.09. The highest BCUT2D eigenvalue weighted by molar-refractivity contribution is 7.16. The van der Waals surface area contributed by atoms with Gasteiger partial charge in [0.2, 0.25) is 0 Å². The average Bonchev–Trinajstić information content (AvgIpc) is 2.73. The number of fused-ring (bicyclic) bond motifs is 1. The zero-order valence-corrected chi connectivity index (χ0v) is 12.8. The highest BCUT2D eigenvalue weighted by Crippen LogP contribution is 2.22. The predicted octanol–water partition coefficient (Wildman–Crippen LogP) is 2.71. The number of aromatic nitrogens is 1. The van der Waals surface area contributed by atoms with Crippen LogP contribution in [0.25, 0.3) is 10.2 Å². The van der Waals surface area contributed by atoms with E-state index in [2.05, 4.69) is 4.99 Å². The van der Waals surface area contributed by atoms with E-state index in [0.29, 0.717) is 22.7 Å². The van der Waals surface area contributed by atoms with E-state index in [0.717, 1.165) is 17.4 Å². The molecule has 0 radical (unpaired) electrons. The molecule has 0 bridgehead atoms. The molecule has 0 aliphatic rings. The van der Waals surface area contributed by atoms with Crippen molar-refractivity contribution in [2.75, 3.05) is 13.7 Å². The maximum Gasteiger partial charge on any atom is 0.250 e. The van der Waals surface area contributed by atoms with Crippen LogP contribution in [0.4, 0.5) is 8.78 Å². The molecule has 0 aliphatic heterocycles. The zero-order valence-electron chi connectivity index (χ0n) is 12.0. The highest BCUT2D eigenvalue weighted by atomic mass is 32.1. The van der Waals surface area contributed by atoms with Crippen LogP contribution >= 0.6 is 11.3 Å². The van der Waals surface area contributed by atoms with Crippen molar-refractivity contribution in [3.8, 4) is 0 Å². The molecule has 0 saturated heterocycles. The number of nitrogens with zero attached hydrogens (tertiary/aromatic N) is 2. The van der Waals surface area contributed by atoms with E-state index in [1.54, 1.807) is 18.4 Å².